The van der Waals surface area contributed by atoms with Gasteiger partial charge in [0.15, 0.2) is 5.69 Å². The molecule has 0 aliphatic rings. The normalized spacial score (nSPS) is 15.1. The van der Waals surface area contributed by atoms with Crippen LogP contribution in [0.5, 0.6) is 0 Å². The van der Waals surface area contributed by atoms with Gasteiger partial charge in [-0.05, 0) is 18.8 Å². The van der Waals surface area contributed by atoms with E-state index in [0.29, 0.717) is 5.69 Å². The van der Waals surface area contributed by atoms with Gasteiger partial charge in [-0.2, -0.15) is 0 Å². The second kappa shape index (κ2) is 5.06. The molecule has 0 saturated carbocycles. The molecule has 1 rings (SSSR count). The Labute approximate surface area is 107 Å². The van der Waals surface area contributed by atoms with Gasteiger partial charge in [0.05, 0.1) is 17.8 Å². The zero-order valence-electron chi connectivity index (χ0n) is 11.5. The van der Waals surface area contributed by atoms with E-state index in [-0.39, 0.29) is 24.1 Å². The molecule has 0 amide bonds. The zero-order chi connectivity index (χ0) is 14.1. The maximum atomic E-state index is 11.1. The fourth-order valence-corrected chi connectivity index (χ4v) is 1.65. The van der Waals surface area contributed by atoms with Crippen molar-refractivity contribution in [3.8, 4) is 0 Å². The lowest BCUT2D eigenvalue weighted by molar-refractivity contribution is -0.00698. The molecule has 1 atom stereocenters. The van der Waals surface area contributed by atoms with Crippen LogP contribution in [0.25, 0.3) is 0 Å². The highest BCUT2D eigenvalue weighted by atomic mass is 16.4. The van der Waals surface area contributed by atoms with E-state index in [1.54, 1.807) is 6.92 Å². The van der Waals surface area contributed by atoms with E-state index in [2.05, 4.69) is 10.3 Å². The van der Waals surface area contributed by atoms with E-state index in [9.17, 15) is 9.90 Å². The summed E-state index contributed by atoms with van der Waals surface area (Å²) >= 11 is 0. The Morgan fingerprint density at radius 3 is 2.33 bits per heavy atom. The third-order valence-electron chi connectivity index (χ3n) is 3.24. The first-order chi connectivity index (χ1) is 8.16. The quantitative estimate of drug-likeness (QED) is 0.832. The van der Waals surface area contributed by atoms with Gasteiger partial charge < -0.3 is 10.2 Å². The van der Waals surface area contributed by atoms with Crippen molar-refractivity contribution < 1.29 is 15.0 Å². The van der Waals surface area contributed by atoms with Crippen LogP contribution in [0, 0.1) is 5.92 Å². The highest BCUT2D eigenvalue weighted by Crippen LogP contribution is 2.23. The Balaban J connectivity index is 3.15. The van der Waals surface area contributed by atoms with Gasteiger partial charge in [0.2, 0.25) is 0 Å². The summed E-state index contributed by atoms with van der Waals surface area (Å²) in [6.45, 7) is 9.52. The average Bonchev–Trinajstić information content (AvgIpc) is 2.60. The Bertz CT molecular complexity index is 436. The van der Waals surface area contributed by atoms with Crippen LogP contribution in [-0.2, 0) is 6.54 Å². The van der Waals surface area contributed by atoms with Gasteiger partial charge in [0, 0.05) is 0 Å². The predicted molar refractivity (Wildman–Crippen MR) is 66.5 cm³/mol. The third kappa shape index (κ3) is 2.87. The number of rotatable bonds is 5. The van der Waals surface area contributed by atoms with Crippen molar-refractivity contribution in [3.63, 3.8) is 0 Å². The van der Waals surface area contributed by atoms with Crippen LogP contribution in [0.3, 0.4) is 0 Å². The molecule has 0 aliphatic heterocycles. The number of aliphatic hydroxyl groups is 1. The molecule has 6 nitrogen and oxygen atoms in total. The lowest BCUT2D eigenvalue weighted by Gasteiger charge is -2.28. The minimum atomic E-state index is -1.09. The summed E-state index contributed by atoms with van der Waals surface area (Å²) in [7, 11) is 0. The monoisotopic (exact) mass is 255 g/mol. The number of aromatic carboxylic acids is 1. The average molecular weight is 255 g/mol. The fourth-order valence-electron chi connectivity index (χ4n) is 1.65. The van der Waals surface area contributed by atoms with Crippen LogP contribution in [0.15, 0.2) is 0 Å². The van der Waals surface area contributed by atoms with E-state index in [0.717, 1.165) is 0 Å². The standard InChI is InChI=1S/C12H21N3O3/c1-7(2)10-9(11(16)17)13-14-15(10)6-12(5,18)8(3)4/h7-8,18H,6H2,1-5H3,(H,16,17). The van der Waals surface area contributed by atoms with Crippen LogP contribution in [0.4, 0.5) is 0 Å². The van der Waals surface area contributed by atoms with Crippen LogP contribution in [-0.4, -0.2) is 36.8 Å². The molecule has 0 fully saturated rings. The summed E-state index contributed by atoms with van der Waals surface area (Å²) < 4.78 is 1.49. The van der Waals surface area contributed by atoms with Gasteiger partial charge in [-0.3, -0.25) is 0 Å². The van der Waals surface area contributed by atoms with Crippen molar-refractivity contribution >= 4 is 5.97 Å². The summed E-state index contributed by atoms with van der Waals surface area (Å²) in [5.41, 5.74) is -0.444. The molecular weight excluding hydrogens is 234 g/mol. The molecule has 0 bridgehead atoms. The zero-order valence-corrected chi connectivity index (χ0v) is 11.5. The van der Waals surface area contributed by atoms with Gasteiger partial charge in [-0.1, -0.05) is 32.9 Å². The van der Waals surface area contributed by atoms with Gasteiger partial charge in [-0.25, -0.2) is 9.48 Å². The molecule has 6 heteroatoms. The molecule has 0 radical (unpaired) electrons. The highest BCUT2D eigenvalue weighted by molar-refractivity contribution is 5.86. The molecule has 1 aromatic rings. The lowest BCUT2D eigenvalue weighted by Crippen LogP contribution is -2.37. The van der Waals surface area contributed by atoms with Crippen LogP contribution in [0.1, 0.15) is 56.7 Å². The van der Waals surface area contributed by atoms with Gasteiger partial charge in [-0.15, -0.1) is 5.10 Å². The number of carbonyl (C=O) groups is 1. The van der Waals surface area contributed by atoms with Gasteiger partial charge >= 0.3 is 5.97 Å². The number of carboxylic acid groups (broad SMARTS) is 1. The summed E-state index contributed by atoms with van der Waals surface area (Å²) in [5.74, 6) is -1.07. The van der Waals surface area contributed by atoms with Gasteiger partial charge in [0.25, 0.3) is 0 Å². The molecule has 2 N–H and O–H groups in total. The Morgan fingerprint density at radius 1 is 1.39 bits per heavy atom. The summed E-state index contributed by atoms with van der Waals surface area (Å²) in [5, 5.41) is 26.9. The molecule has 18 heavy (non-hydrogen) atoms. The van der Waals surface area contributed by atoms with Crippen molar-refractivity contribution in [2.75, 3.05) is 0 Å². The van der Waals surface area contributed by atoms with E-state index in [4.69, 9.17) is 5.11 Å². The number of aromatic nitrogens is 3. The molecule has 0 aromatic carbocycles. The molecule has 102 valence electrons. The molecule has 0 spiro atoms. The van der Waals surface area contributed by atoms with Crippen LogP contribution >= 0.6 is 0 Å². The van der Waals surface area contributed by atoms with Crippen LogP contribution < -0.4 is 0 Å². The first-order valence-corrected chi connectivity index (χ1v) is 6.06. The second-order valence-corrected chi connectivity index (χ2v) is 5.45. The summed E-state index contributed by atoms with van der Waals surface area (Å²) in [6, 6.07) is 0. The third-order valence-corrected chi connectivity index (χ3v) is 3.24. The predicted octanol–water partition coefficient (Wildman–Crippen LogP) is 1.51. The highest BCUT2D eigenvalue weighted by Gasteiger charge is 2.29. The molecule has 1 unspecified atom stereocenters. The summed E-state index contributed by atoms with van der Waals surface area (Å²) in [6.07, 6.45) is 0. The summed E-state index contributed by atoms with van der Waals surface area (Å²) in [4.78, 5) is 11.1. The van der Waals surface area contributed by atoms with Crippen molar-refractivity contribution in [1.29, 1.82) is 0 Å². The minimum absolute atomic E-state index is 0.0194. The first-order valence-electron chi connectivity index (χ1n) is 6.06. The van der Waals surface area contributed by atoms with Gasteiger partial charge in [0.1, 0.15) is 0 Å². The maximum Gasteiger partial charge on any atom is 0.358 e. The Kier molecular flexibility index (Phi) is 4.11. The van der Waals surface area contributed by atoms with E-state index < -0.39 is 11.6 Å². The first kappa shape index (κ1) is 14.6. The number of carboxylic acids is 1. The molecule has 0 saturated heterocycles. The largest absolute Gasteiger partial charge is 0.476 e. The number of nitrogens with zero attached hydrogens (tertiary/aromatic N) is 3. The van der Waals surface area contributed by atoms with Crippen molar-refractivity contribution in [2.45, 2.75) is 52.7 Å². The lowest BCUT2D eigenvalue weighted by atomic mass is 9.92. The molecule has 1 aromatic heterocycles. The van der Waals surface area contributed by atoms with E-state index >= 15 is 0 Å². The smallest absolute Gasteiger partial charge is 0.358 e. The molecular formula is C12H21N3O3. The SMILES string of the molecule is CC(C)c1c(C(=O)O)nnn1CC(C)(O)C(C)C. The van der Waals surface area contributed by atoms with Crippen molar-refractivity contribution in [2.24, 2.45) is 5.92 Å². The van der Waals surface area contributed by atoms with Crippen molar-refractivity contribution in [3.05, 3.63) is 11.4 Å². The topological polar surface area (TPSA) is 88.2 Å². The maximum absolute atomic E-state index is 11.1. The second-order valence-electron chi connectivity index (χ2n) is 5.45. The Morgan fingerprint density at radius 2 is 1.94 bits per heavy atom. The molecule has 0 aliphatic carbocycles. The van der Waals surface area contributed by atoms with Crippen LogP contribution in [0.2, 0.25) is 0 Å². The molecule has 1 heterocycles. The number of hydrogen-bond donors (Lipinski definition) is 2. The number of hydrogen-bond acceptors (Lipinski definition) is 4. The van der Waals surface area contributed by atoms with E-state index in [1.165, 1.54) is 4.68 Å². The fraction of sp³-hybridized carbons (Fsp3) is 0.750. The minimum Gasteiger partial charge on any atom is -0.476 e. The van der Waals surface area contributed by atoms with Crippen molar-refractivity contribution in [1.82, 2.24) is 15.0 Å². The van der Waals surface area contributed by atoms with E-state index in [1.807, 2.05) is 27.7 Å². The Hall–Kier alpha value is -1.43.